The molecule has 1 aliphatic heterocycles. The van der Waals surface area contributed by atoms with Gasteiger partial charge in [0.1, 0.15) is 5.75 Å². The van der Waals surface area contributed by atoms with Gasteiger partial charge in [-0.05, 0) is 50.0 Å². The topological polar surface area (TPSA) is 12.5 Å². The van der Waals surface area contributed by atoms with Gasteiger partial charge in [-0.1, -0.05) is 25.5 Å². The van der Waals surface area contributed by atoms with Crippen LogP contribution in [0.4, 0.5) is 0 Å². The Morgan fingerprint density at radius 3 is 2.35 bits per heavy atom. The van der Waals surface area contributed by atoms with Gasteiger partial charge in [0.2, 0.25) is 0 Å². The zero-order valence-corrected chi connectivity index (χ0v) is 11.0. The summed E-state index contributed by atoms with van der Waals surface area (Å²) in [6.07, 6.45) is 5.21. The summed E-state index contributed by atoms with van der Waals surface area (Å²) in [6.45, 7) is 4.79. The van der Waals surface area contributed by atoms with Gasteiger partial charge < -0.3 is 4.74 Å². The van der Waals surface area contributed by atoms with E-state index in [0.717, 1.165) is 5.75 Å². The highest BCUT2D eigenvalue weighted by atomic mass is 16.5. The molecule has 0 radical (unpaired) electrons. The number of hydrogen-bond acceptors (Lipinski definition) is 2. The number of benzene rings is 1. The van der Waals surface area contributed by atoms with Crippen molar-refractivity contribution in [3.05, 3.63) is 29.8 Å². The highest BCUT2D eigenvalue weighted by molar-refractivity contribution is 5.29. The number of nitrogens with zero attached hydrogens (tertiary/aromatic N) is 1. The lowest BCUT2D eigenvalue weighted by Gasteiger charge is -2.27. The monoisotopic (exact) mass is 233 g/mol. The first-order valence-electron chi connectivity index (χ1n) is 6.73. The first kappa shape index (κ1) is 12.4. The van der Waals surface area contributed by atoms with Crippen LogP contribution < -0.4 is 4.74 Å². The van der Waals surface area contributed by atoms with Crippen molar-refractivity contribution in [2.24, 2.45) is 0 Å². The summed E-state index contributed by atoms with van der Waals surface area (Å²) < 4.78 is 5.22. The second kappa shape index (κ2) is 6.06. The van der Waals surface area contributed by atoms with Crippen molar-refractivity contribution in [3.63, 3.8) is 0 Å². The van der Waals surface area contributed by atoms with E-state index in [2.05, 4.69) is 36.1 Å². The largest absolute Gasteiger partial charge is 0.497 e. The average Bonchev–Trinajstić information content (AvgIpc) is 2.90. The molecule has 0 aliphatic carbocycles. The summed E-state index contributed by atoms with van der Waals surface area (Å²) in [7, 11) is 1.72. The lowest BCUT2D eigenvalue weighted by molar-refractivity contribution is 0.232. The highest BCUT2D eigenvalue weighted by Crippen LogP contribution is 2.30. The van der Waals surface area contributed by atoms with E-state index in [1.807, 2.05) is 0 Å². The number of methoxy groups -OCH3 is 1. The molecule has 1 heterocycles. The molecule has 94 valence electrons. The summed E-state index contributed by atoms with van der Waals surface area (Å²) in [5.41, 5.74) is 1.44. The minimum atomic E-state index is 0.605. The average molecular weight is 233 g/mol. The van der Waals surface area contributed by atoms with Crippen LogP contribution in [0.25, 0.3) is 0 Å². The van der Waals surface area contributed by atoms with Crippen LogP contribution in [0.1, 0.15) is 44.2 Å². The van der Waals surface area contributed by atoms with E-state index in [9.17, 15) is 0 Å². The fourth-order valence-corrected chi connectivity index (χ4v) is 2.71. The van der Waals surface area contributed by atoms with E-state index in [1.165, 1.54) is 44.3 Å². The van der Waals surface area contributed by atoms with Crippen LogP contribution in [-0.2, 0) is 0 Å². The summed E-state index contributed by atoms with van der Waals surface area (Å²) in [5.74, 6) is 0.949. The van der Waals surface area contributed by atoms with Crippen molar-refractivity contribution in [2.75, 3.05) is 20.2 Å². The molecule has 1 fully saturated rings. The normalized spacial score (nSPS) is 18.2. The van der Waals surface area contributed by atoms with Crippen molar-refractivity contribution >= 4 is 0 Å². The van der Waals surface area contributed by atoms with Gasteiger partial charge >= 0.3 is 0 Å². The number of hydrogen-bond donors (Lipinski definition) is 0. The van der Waals surface area contributed by atoms with Crippen LogP contribution in [0.5, 0.6) is 5.75 Å². The van der Waals surface area contributed by atoms with Gasteiger partial charge in [0.25, 0.3) is 0 Å². The Hall–Kier alpha value is -1.02. The van der Waals surface area contributed by atoms with E-state index in [0.29, 0.717) is 6.04 Å². The molecule has 0 unspecified atom stereocenters. The third-order valence-electron chi connectivity index (χ3n) is 3.64. The van der Waals surface area contributed by atoms with Crippen molar-refractivity contribution in [3.8, 4) is 5.75 Å². The zero-order valence-electron chi connectivity index (χ0n) is 11.0. The highest BCUT2D eigenvalue weighted by Gasteiger charge is 2.22. The number of likely N-dealkylation sites (tertiary alicyclic amines) is 1. The standard InChI is InChI=1S/C15H23NO/c1-3-6-15(16-11-4-5-12-16)13-7-9-14(17-2)10-8-13/h7-10,15H,3-6,11-12H2,1-2H3/t15-/m1/s1. The molecular formula is C15H23NO. The van der Waals surface area contributed by atoms with E-state index in [1.54, 1.807) is 7.11 Å². The third-order valence-corrected chi connectivity index (χ3v) is 3.64. The first-order chi connectivity index (χ1) is 8.35. The van der Waals surface area contributed by atoms with Gasteiger partial charge in [-0.25, -0.2) is 0 Å². The van der Waals surface area contributed by atoms with Crippen molar-refractivity contribution in [1.82, 2.24) is 4.90 Å². The minimum absolute atomic E-state index is 0.605. The molecule has 0 saturated carbocycles. The first-order valence-corrected chi connectivity index (χ1v) is 6.73. The molecule has 2 nitrogen and oxygen atoms in total. The molecule has 2 rings (SSSR count). The maximum atomic E-state index is 5.22. The molecule has 0 bridgehead atoms. The van der Waals surface area contributed by atoms with Gasteiger partial charge in [0, 0.05) is 6.04 Å². The van der Waals surface area contributed by atoms with E-state index in [-0.39, 0.29) is 0 Å². The van der Waals surface area contributed by atoms with Gasteiger partial charge in [-0.15, -0.1) is 0 Å². The van der Waals surface area contributed by atoms with Gasteiger partial charge in [-0.2, -0.15) is 0 Å². The summed E-state index contributed by atoms with van der Waals surface area (Å²) >= 11 is 0. The predicted octanol–water partition coefficient (Wildman–Crippen LogP) is 3.63. The van der Waals surface area contributed by atoms with E-state index >= 15 is 0 Å². The molecule has 17 heavy (non-hydrogen) atoms. The van der Waals surface area contributed by atoms with Crippen LogP contribution in [0.2, 0.25) is 0 Å². The summed E-state index contributed by atoms with van der Waals surface area (Å²) in [6, 6.07) is 9.20. The molecule has 2 heteroatoms. The maximum Gasteiger partial charge on any atom is 0.118 e. The summed E-state index contributed by atoms with van der Waals surface area (Å²) in [5, 5.41) is 0. The molecule has 1 aromatic rings. The quantitative estimate of drug-likeness (QED) is 0.770. The Bertz CT molecular complexity index is 327. The van der Waals surface area contributed by atoms with E-state index < -0.39 is 0 Å². The Kier molecular flexibility index (Phi) is 4.43. The van der Waals surface area contributed by atoms with Crippen LogP contribution in [0.15, 0.2) is 24.3 Å². The Morgan fingerprint density at radius 1 is 1.18 bits per heavy atom. The second-order valence-electron chi connectivity index (χ2n) is 4.82. The fraction of sp³-hybridized carbons (Fsp3) is 0.600. The van der Waals surface area contributed by atoms with Crippen LogP contribution >= 0.6 is 0 Å². The smallest absolute Gasteiger partial charge is 0.118 e. The molecule has 0 aromatic heterocycles. The SMILES string of the molecule is CCC[C@H](c1ccc(OC)cc1)N1CCCC1. The van der Waals surface area contributed by atoms with Gasteiger partial charge in [0.05, 0.1) is 7.11 Å². The lowest BCUT2D eigenvalue weighted by atomic mass is 10.0. The van der Waals surface area contributed by atoms with Crippen molar-refractivity contribution < 1.29 is 4.74 Å². The second-order valence-corrected chi connectivity index (χ2v) is 4.82. The number of ether oxygens (including phenoxy) is 1. The van der Waals surface area contributed by atoms with Crippen LogP contribution in [-0.4, -0.2) is 25.1 Å². The van der Waals surface area contributed by atoms with Crippen LogP contribution in [0, 0.1) is 0 Å². The molecule has 1 aromatic carbocycles. The molecule has 1 aliphatic rings. The zero-order chi connectivity index (χ0) is 12.1. The molecule has 0 spiro atoms. The third kappa shape index (κ3) is 3.01. The molecule has 0 N–H and O–H groups in total. The molecule has 1 saturated heterocycles. The van der Waals surface area contributed by atoms with Gasteiger partial charge in [-0.3, -0.25) is 4.90 Å². The Morgan fingerprint density at radius 2 is 1.82 bits per heavy atom. The summed E-state index contributed by atoms with van der Waals surface area (Å²) in [4.78, 5) is 2.63. The van der Waals surface area contributed by atoms with Crippen molar-refractivity contribution in [1.29, 1.82) is 0 Å². The Labute approximate surface area is 105 Å². The van der Waals surface area contributed by atoms with Crippen LogP contribution in [0.3, 0.4) is 0 Å². The fourth-order valence-electron chi connectivity index (χ4n) is 2.71. The van der Waals surface area contributed by atoms with Crippen molar-refractivity contribution in [2.45, 2.75) is 38.6 Å². The molecule has 0 amide bonds. The van der Waals surface area contributed by atoms with Gasteiger partial charge in [0.15, 0.2) is 0 Å². The molecular weight excluding hydrogens is 210 g/mol. The Balaban J connectivity index is 2.12. The number of rotatable bonds is 5. The lowest BCUT2D eigenvalue weighted by Crippen LogP contribution is -2.25. The minimum Gasteiger partial charge on any atom is -0.497 e. The van der Waals surface area contributed by atoms with E-state index in [4.69, 9.17) is 4.74 Å². The maximum absolute atomic E-state index is 5.22. The predicted molar refractivity (Wildman–Crippen MR) is 71.5 cm³/mol. The molecule has 1 atom stereocenters.